The van der Waals surface area contributed by atoms with Crippen molar-refractivity contribution in [2.75, 3.05) is 33.5 Å². The molecule has 1 aliphatic rings. The summed E-state index contributed by atoms with van der Waals surface area (Å²) in [6.07, 6.45) is 2.55. The minimum Gasteiger partial charge on any atom is -0.382 e. The van der Waals surface area contributed by atoms with Crippen LogP contribution in [0, 0.1) is 0 Å². The number of nitrogens with one attached hydrogen (secondary N) is 1. The lowest BCUT2D eigenvalue weighted by Gasteiger charge is -2.09. The lowest BCUT2D eigenvalue weighted by atomic mass is 10.2. The van der Waals surface area contributed by atoms with Crippen LogP contribution >= 0.6 is 0 Å². The van der Waals surface area contributed by atoms with Gasteiger partial charge >= 0.3 is 0 Å². The molecular weight excluding hydrogens is 142 g/mol. The second kappa shape index (κ2) is 5.52. The fourth-order valence-electron chi connectivity index (χ4n) is 1.27. The van der Waals surface area contributed by atoms with Gasteiger partial charge in [0.15, 0.2) is 0 Å². The Morgan fingerprint density at radius 2 is 2.36 bits per heavy atom. The van der Waals surface area contributed by atoms with Gasteiger partial charge in [0.05, 0.1) is 19.8 Å². The highest BCUT2D eigenvalue weighted by Gasteiger charge is 2.12. The second-order valence-electron chi connectivity index (χ2n) is 2.86. The van der Waals surface area contributed by atoms with Crippen molar-refractivity contribution in [3.8, 4) is 0 Å². The molecule has 1 fully saturated rings. The summed E-state index contributed by atoms with van der Waals surface area (Å²) in [5, 5.41) is 3.37. The van der Waals surface area contributed by atoms with E-state index in [4.69, 9.17) is 9.47 Å². The molecule has 1 aliphatic heterocycles. The third-order valence-electron chi connectivity index (χ3n) is 1.91. The van der Waals surface area contributed by atoms with E-state index in [2.05, 4.69) is 5.32 Å². The van der Waals surface area contributed by atoms with Crippen molar-refractivity contribution in [1.29, 1.82) is 0 Å². The lowest BCUT2D eigenvalue weighted by molar-refractivity contribution is 0.0613. The molecule has 0 unspecified atom stereocenters. The highest BCUT2D eigenvalue weighted by molar-refractivity contribution is 4.72. The molecule has 1 rings (SSSR count). The maximum absolute atomic E-state index is 5.37. The predicted molar refractivity (Wildman–Crippen MR) is 43.7 cm³/mol. The molecule has 1 heterocycles. The van der Waals surface area contributed by atoms with E-state index in [1.54, 1.807) is 7.11 Å². The van der Waals surface area contributed by atoms with Gasteiger partial charge in [0.25, 0.3) is 0 Å². The van der Waals surface area contributed by atoms with Crippen molar-refractivity contribution < 1.29 is 9.47 Å². The fourth-order valence-corrected chi connectivity index (χ4v) is 1.27. The summed E-state index contributed by atoms with van der Waals surface area (Å²) in [6, 6.07) is 0.590. The predicted octanol–water partition coefficient (Wildman–Crippen LogP) is 0.401. The molecule has 0 saturated carbocycles. The summed E-state index contributed by atoms with van der Waals surface area (Å²) in [5.41, 5.74) is 0. The monoisotopic (exact) mass is 159 g/mol. The second-order valence-corrected chi connectivity index (χ2v) is 2.86. The van der Waals surface area contributed by atoms with Crippen LogP contribution in [0.5, 0.6) is 0 Å². The van der Waals surface area contributed by atoms with Crippen LogP contribution in [0.15, 0.2) is 0 Å². The molecule has 0 spiro atoms. The highest BCUT2D eigenvalue weighted by Crippen LogP contribution is 2.04. The Morgan fingerprint density at radius 1 is 1.45 bits per heavy atom. The molecule has 0 radical (unpaired) electrons. The van der Waals surface area contributed by atoms with E-state index in [1.165, 1.54) is 12.8 Å². The van der Waals surface area contributed by atoms with Crippen LogP contribution in [0.1, 0.15) is 12.8 Å². The topological polar surface area (TPSA) is 30.5 Å². The van der Waals surface area contributed by atoms with Crippen LogP contribution in [0.25, 0.3) is 0 Å². The van der Waals surface area contributed by atoms with Crippen LogP contribution in [-0.4, -0.2) is 39.5 Å². The van der Waals surface area contributed by atoms with Crippen molar-refractivity contribution >= 4 is 0 Å². The molecular formula is C8H17NO2. The van der Waals surface area contributed by atoms with Gasteiger partial charge in [0.1, 0.15) is 0 Å². The van der Waals surface area contributed by atoms with Crippen LogP contribution < -0.4 is 5.32 Å². The third-order valence-corrected chi connectivity index (χ3v) is 1.91. The summed E-state index contributed by atoms with van der Waals surface area (Å²) in [5.74, 6) is 0. The first-order valence-electron chi connectivity index (χ1n) is 4.23. The molecule has 0 aromatic carbocycles. The zero-order chi connectivity index (χ0) is 7.94. The first kappa shape index (κ1) is 8.97. The summed E-state index contributed by atoms with van der Waals surface area (Å²) in [6.45, 7) is 3.41. The van der Waals surface area contributed by atoms with E-state index in [0.717, 1.165) is 13.2 Å². The smallest absolute Gasteiger partial charge is 0.0701 e. The zero-order valence-electron chi connectivity index (χ0n) is 7.14. The van der Waals surface area contributed by atoms with E-state index in [0.29, 0.717) is 19.3 Å². The van der Waals surface area contributed by atoms with Gasteiger partial charge in [-0.1, -0.05) is 0 Å². The highest BCUT2D eigenvalue weighted by atomic mass is 16.5. The summed E-state index contributed by atoms with van der Waals surface area (Å²) in [7, 11) is 1.69. The quantitative estimate of drug-likeness (QED) is 0.589. The maximum atomic E-state index is 5.37. The van der Waals surface area contributed by atoms with Gasteiger partial charge in [-0.2, -0.15) is 0 Å². The molecule has 1 saturated heterocycles. The molecule has 0 amide bonds. The van der Waals surface area contributed by atoms with Gasteiger partial charge in [-0.3, -0.25) is 0 Å². The molecule has 11 heavy (non-hydrogen) atoms. The van der Waals surface area contributed by atoms with Gasteiger partial charge < -0.3 is 14.8 Å². The van der Waals surface area contributed by atoms with E-state index < -0.39 is 0 Å². The van der Waals surface area contributed by atoms with Crippen LogP contribution in [-0.2, 0) is 9.47 Å². The third kappa shape index (κ3) is 3.70. The fraction of sp³-hybridized carbons (Fsp3) is 1.00. The summed E-state index contributed by atoms with van der Waals surface area (Å²) < 4.78 is 10.2. The first-order valence-corrected chi connectivity index (χ1v) is 4.23. The molecule has 0 aliphatic carbocycles. The number of hydrogen-bond acceptors (Lipinski definition) is 3. The van der Waals surface area contributed by atoms with Gasteiger partial charge in [0.2, 0.25) is 0 Å². The van der Waals surface area contributed by atoms with Crippen molar-refractivity contribution in [3.63, 3.8) is 0 Å². The number of rotatable bonds is 5. The standard InChI is InChI=1S/C8H17NO2/c1-10-5-6-11-7-8-3-2-4-9-8/h8-9H,2-7H2,1H3/t8-/m0/s1. The van der Waals surface area contributed by atoms with Crippen LogP contribution in [0.2, 0.25) is 0 Å². The van der Waals surface area contributed by atoms with Crippen molar-refractivity contribution in [2.45, 2.75) is 18.9 Å². The lowest BCUT2D eigenvalue weighted by Crippen LogP contribution is -2.27. The Balaban J connectivity index is 1.86. The molecule has 66 valence electrons. The molecule has 1 atom stereocenters. The van der Waals surface area contributed by atoms with Crippen molar-refractivity contribution in [3.05, 3.63) is 0 Å². The Bertz CT molecular complexity index is 92.1. The molecule has 3 heteroatoms. The molecule has 0 aromatic rings. The zero-order valence-corrected chi connectivity index (χ0v) is 7.14. The molecule has 0 bridgehead atoms. The average molecular weight is 159 g/mol. The van der Waals surface area contributed by atoms with E-state index >= 15 is 0 Å². The maximum Gasteiger partial charge on any atom is 0.0701 e. The normalized spacial score (nSPS) is 24.3. The first-order chi connectivity index (χ1) is 5.43. The summed E-state index contributed by atoms with van der Waals surface area (Å²) in [4.78, 5) is 0. The summed E-state index contributed by atoms with van der Waals surface area (Å²) >= 11 is 0. The SMILES string of the molecule is COCCOC[C@@H]1CCCN1. The number of methoxy groups -OCH3 is 1. The Hall–Kier alpha value is -0.120. The molecule has 1 N–H and O–H groups in total. The van der Waals surface area contributed by atoms with Crippen molar-refractivity contribution in [2.24, 2.45) is 0 Å². The van der Waals surface area contributed by atoms with E-state index in [9.17, 15) is 0 Å². The van der Waals surface area contributed by atoms with Gasteiger partial charge in [-0.05, 0) is 19.4 Å². The molecule has 0 aromatic heterocycles. The minimum atomic E-state index is 0.590. The Morgan fingerprint density at radius 3 is 3.00 bits per heavy atom. The van der Waals surface area contributed by atoms with Crippen LogP contribution in [0.3, 0.4) is 0 Å². The molecule has 3 nitrogen and oxygen atoms in total. The van der Waals surface area contributed by atoms with Crippen LogP contribution in [0.4, 0.5) is 0 Å². The number of ether oxygens (including phenoxy) is 2. The van der Waals surface area contributed by atoms with Gasteiger partial charge in [-0.25, -0.2) is 0 Å². The Kier molecular flexibility index (Phi) is 4.50. The van der Waals surface area contributed by atoms with Gasteiger partial charge in [-0.15, -0.1) is 0 Å². The van der Waals surface area contributed by atoms with E-state index in [-0.39, 0.29) is 0 Å². The average Bonchev–Trinajstić information content (AvgIpc) is 2.50. The van der Waals surface area contributed by atoms with E-state index in [1.807, 2.05) is 0 Å². The van der Waals surface area contributed by atoms with Gasteiger partial charge in [0, 0.05) is 13.2 Å². The Labute approximate surface area is 68.1 Å². The minimum absolute atomic E-state index is 0.590. The number of hydrogen-bond donors (Lipinski definition) is 1. The van der Waals surface area contributed by atoms with Crippen molar-refractivity contribution in [1.82, 2.24) is 5.32 Å². The largest absolute Gasteiger partial charge is 0.382 e.